The van der Waals surface area contributed by atoms with Crippen molar-refractivity contribution in [2.75, 3.05) is 23.6 Å². The third-order valence-electron chi connectivity index (χ3n) is 4.54. The number of ether oxygens (including phenoxy) is 2. The molecule has 1 fully saturated rings. The molecule has 2 unspecified atom stereocenters. The largest absolute Gasteiger partial charge is 0.454 e. The van der Waals surface area contributed by atoms with Crippen molar-refractivity contribution >= 4 is 27.5 Å². The highest BCUT2D eigenvalue weighted by atomic mass is 32.2. The van der Waals surface area contributed by atoms with E-state index in [0.29, 0.717) is 30.0 Å². The van der Waals surface area contributed by atoms with E-state index in [1.165, 1.54) is 0 Å². The van der Waals surface area contributed by atoms with Gasteiger partial charge in [0.05, 0.1) is 11.5 Å². The number of urea groups is 1. The van der Waals surface area contributed by atoms with Gasteiger partial charge in [0.2, 0.25) is 12.7 Å². The first kappa shape index (κ1) is 20.2. The average Bonchev–Trinajstić information content (AvgIpc) is 3.19. The summed E-state index contributed by atoms with van der Waals surface area (Å²) in [5, 5.41) is 8.08. The fraction of sp³-hybridized carbons (Fsp3) is 0.556. The Labute approximate surface area is 164 Å². The lowest BCUT2D eigenvalue weighted by molar-refractivity contribution is -0.118. The number of anilines is 1. The molecule has 3 N–H and O–H groups in total. The summed E-state index contributed by atoms with van der Waals surface area (Å²) in [7, 11) is -3.09. The molecular weight excluding hydrogens is 386 g/mol. The topological polar surface area (TPSA) is 123 Å². The Balaban J connectivity index is 1.60. The van der Waals surface area contributed by atoms with Crippen LogP contribution in [-0.4, -0.2) is 50.7 Å². The minimum atomic E-state index is -3.09. The van der Waals surface area contributed by atoms with Gasteiger partial charge in [0.15, 0.2) is 21.3 Å². The van der Waals surface area contributed by atoms with E-state index in [2.05, 4.69) is 16.0 Å². The summed E-state index contributed by atoms with van der Waals surface area (Å²) in [6, 6.07) is 3.33. The fourth-order valence-corrected chi connectivity index (χ4v) is 4.87. The highest BCUT2D eigenvalue weighted by Gasteiger charge is 2.30. The number of fused-ring (bicyclic) bond motifs is 1. The third-order valence-corrected chi connectivity index (χ3v) is 6.30. The monoisotopic (exact) mass is 411 g/mol. The fourth-order valence-electron chi connectivity index (χ4n) is 3.20. The van der Waals surface area contributed by atoms with Crippen molar-refractivity contribution in [1.82, 2.24) is 10.6 Å². The van der Waals surface area contributed by atoms with Gasteiger partial charge < -0.3 is 25.4 Å². The van der Waals surface area contributed by atoms with Gasteiger partial charge in [-0.2, -0.15) is 0 Å². The summed E-state index contributed by atoms with van der Waals surface area (Å²) in [6.45, 7) is 4.04. The van der Waals surface area contributed by atoms with Crippen LogP contribution in [0.4, 0.5) is 10.5 Å². The lowest BCUT2D eigenvalue weighted by Gasteiger charge is -2.21. The summed E-state index contributed by atoms with van der Waals surface area (Å²) >= 11 is 0. The summed E-state index contributed by atoms with van der Waals surface area (Å²) in [5.74, 6) is 0.963. The molecule has 0 aromatic heterocycles. The van der Waals surface area contributed by atoms with Crippen molar-refractivity contribution < 1.29 is 27.5 Å². The number of carbonyl (C=O) groups is 2. The molecule has 1 saturated heterocycles. The first-order chi connectivity index (χ1) is 13.2. The molecule has 2 atom stereocenters. The smallest absolute Gasteiger partial charge is 0.315 e. The van der Waals surface area contributed by atoms with Crippen molar-refractivity contribution in [3.63, 3.8) is 0 Å². The zero-order chi connectivity index (χ0) is 20.3. The van der Waals surface area contributed by atoms with Crippen LogP contribution >= 0.6 is 0 Å². The van der Waals surface area contributed by atoms with Gasteiger partial charge in [-0.3, -0.25) is 4.79 Å². The maximum Gasteiger partial charge on any atom is 0.315 e. The number of hydrogen-bond acceptors (Lipinski definition) is 6. The van der Waals surface area contributed by atoms with Crippen LogP contribution in [0.3, 0.4) is 0 Å². The molecule has 2 aliphatic heterocycles. The second-order valence-corrected chi connectivity index (χ2v) is 9.69. The number of nitrogens with one attached hydrogen (secondary N) is 3. The van der Waals surface area contributed by atoms with Gasteiger partial charge in [-0.25, -0.2) is 13.2 Å². The number of hydrogen-bond donors (Lipinski definition) is 3. The standard InChI is InChI=1S/C18H25N3O6S/c1-11(2)7-14(21-18(23)20-13-5-6-28(24,25)9-13)17(22)19-12-3-4-15-16(8-12)27-10-26-15/h3-4,8,11,13-14H,5-7,9-10H2,1-2H3,(H,19,22)(H2,20,21,23). The van der Waals surface area contributed by atoms with E-state index in [-0.39, 0.29) is 30.1 Å². The molecule has 0 aliphatic carbocycles. The molecular formula is C18H25N3O6S. The summed E-state index contributed by atoms with van der Waals surface area (Å²) in [5.41, 5.74) is 0.534. The van der Waals surface area contributed by atoms with E-state index in [0.717, 1.165) is 0 Å². The second kappa shape index (κ2) is 8.26. The first-order valence-electron chi connectivity index (χ1n) is 9.20. The highest BCUT2D eigenvalue weighted by Crippen LogP contribution is 2.34. The minimum absolute atomic E-state index is 0.0674. The Kier molecular flexibility index (Phi) is 5.97. The van der Waals surface area contributed by atoms with Crippen molar-refractivity contribution in [3.05, 3.63) is 18.2 Å². The van der Waals surface area contributed by atoms with Gasteiger partial charge in [0.25, 0.3) is 0 Å². The Bertz CT molecular complexity index is 855. The quantitative estimate of drug-likeness (QED) is 0.648. The predicted octanol–water partition coefficient (Wildman–Crippen LogP) is 1.25. The molecule has 2 heterocycles. The molecule has 0 spiro atoms. The van der Waals surface area contributed by atoms with Gasteiger partial charge in [0.1, 0.15) is 6.04 Å². The normalized spacial score (nSPS) is 20.6. The number of amides is 3. The Hall–Kier alpha value is -2.49. The molecule has 10 heteroatoms. The van der Waals surface area contributed by atoms with Crippen LogP contribution in [0.15, 0.2) is 18.2 Å². The van der Waals surface area contributed by atoms with Gasteiger partial charge in [-0.1, -0.05) is 13.8 Å². The second-order valence-electron chi connectivity index (χ2n) is 7.46. The lowest BCUT2D eigenvalue weighted by Crippen LogP contribution is -2.51. The van der Waals surface area contributed by atoms with Crippen molar-refractivity contribution in [2.24, 2.45) is 5.92 Å². The minimum Gasteiger partial charge on any atom is -0.454 e. The summed E-state index contributed by atoms with van der Waals surface area (Å²) in [4.78, 5) is 25.0. The van der Waals surface area contributed by atoms with Crippen molar-refractivity contribution in [1.29, 1.82) is 0 Å². The Morgan fingerprint density at radius 3 is 2.64 bits per heavy atom. The van der Waals surface area contributed by atoms with Crippen LogP contribution in [0.1, 0.15) is 26.7 Å². The van der Waals surface area contributed by atoms with Gasteiger partial charge in [0, 0.05) is 17.8 Å². The van der Waals surface area contributed by atoms with Crippen LogP contribution in [0, 0.1) is 5.92 Å². The SMILES string of the molecule is CC(C)CC(NC(=O)NC1CCS(=O)(=O)C1)C(=O)Nc1ccc2c(c1)OCO2. The van der Waals surface area contributed by atoms with Crippen LogP contribution in [0.5, 0.6) is 11.5 Å². The van der Waals surface area contributed by atoms with Crippen LogP contribution in [-0.2, 0) is 14.6 Å². The van der Waals surface area contributed by atoms with Crippen LogP contribution in [0.25, 0.3) is 0 Å². The molecule has 0 saturated carbocycles. The van der Waals surface area contributed by atoms with E-state index < -0.39 is 28.0 Å². The molecule has 2 aliphatic rings. The third kappa shape index (κ3) is 5.28. The number of sulfone groups is 1. The lowest BCUT2D eigenvalue weighted by atomic mass is 10.0. The van der Waals surface area contributed by atoms with E-state index in [4.69, 9.17) is 9.47 Å². The Morgan fingerprint density at radius 1 is 1.21 bits per heavy atom. The predicted molar refractivity (Wildman–Crippen MR) is 103 cm³/mol. The maximum absolute atomic E-state index is 12.7. The van der Waals surface area contributed by atoms with Crippen LogP contribution in [0.2, 0.25) is 0 Å². The highest BCUT2D eigenvalue weighted by molar-refractivity contribution is 7.91. The first-order valence-corrected chi connectivity index (χ1v) is 11.0. The average molecular weight is 411 g/mol. The van der Waals surface area contributed by atoms with Crippen molar-refractivity contribution in [2.45, 2.75) is 38.8 Å². The molecule has 28 heavy (non-hydrogen) atoms. The van der Waals surface area contributed by atoms with E-state index in [9.17, 15) is 18.0 Å². The summed E-state index contributed by atoms with van der Waals surface area (Å²) in [6.07, 6.45) is 0.820. The number of rotatable bonds is 6. The van der Waals surface area contributed by atoms with Crippen molar-refractivity contribution in [3.8, 4) is 11.5 Å². The molecule has 0 bridgehead atoms. The number of benzene rings is 1. The maximum atomic E-state index is 12.7. The molecule has 9 nitrogen and oxygen atoms in total. The molecule has 154 valence electrons. The van der Waals surface area contributed by atoms with Gasteiger partial charge >= 0.3 is 6.03 Å². The van der Waals surface area contributed by atoms with Gasteiger partial charge in [-0.15, -0.1) is 0 Å². The molecule has 1 aromatic rings. The molecule has 3 rings (SSSR count). The Morgan fingerprint density at radius 2 is 1.96 bits per heavy atom. The molecule has 0 radical (unpaired) electrons. The number of carbonyl (C=O) groups excluding carboxylic acids is 2. The summed E-state index contributed by atoms with van der Waals surface area (Å²) < 4.78 is 33.6. The molecule has 3 amide bonds. The molecule has 1 aromatic carbocycles. The van der Waals surface area contributed by atoms with E-state index >= 15 is 0 Å². The van der Waals surface area contributed by atoms with Crippen LogP contribution < -0.4 is 25.4 Å². The van der Waals surface area contributed by atoms with Gasteiger partial charge in [-0.05, 0) is 30.9 Å². The zero-order valence-corrected chi connectivity index (χ0v) is 16.7. The zero-order valence-electron chi connectivity index (χ0n) is 15.9. The van der Waals surface area contributed by atoms with E-state index in [1.54, 1.807) is 18.2 Å². The van der Waals surface area contributed by atoms with E-state index in [1.807, 2.05) is 13.8 Å².